The van der Waals surface area contributed by atoms with Crippen LogP contribution >= 0.6 is 11.6 Å². The van der Waals surface area contributed by atoms with Gasteiger partial charge in [0.25, 0.3) is 0 Å². The van der Waals surface area contributed by atoms with E-state index in [0.29, 0.717) is 23.8 Å². The molecule has 1 aromatic carbocycles. The van der Waals surface area contributed by atoms with Crippen LogP contribution in [0.15, 0.2) is 18.2 Å². The smallest absolute Gasteiger partial charge is 0.233 e. The van der Waals surface area contributed by atoms with E-state index in [0.717, 1.165) is 11.8 Å². The maximum absolute atomic E-state index is 11.2. The molecule has 1 rings (SSSR count). The number of sulfonamides is 1. The lowest BCUT2D eigenvalue weighted by Crippen LogP contribution is -2.29. The zero-order valence-electron chi connectivity index (χ0n) is 10.8. The van der Waals surface area contributed by atoms with Gasteiger partial charge >= 0.3 is 0 Å². The van der Waals surface area contributed by atoms with E-state index in [9.17, 15) is 13.2 Å². The molecule has 0 saturated carbocycles. The number of ether oxygens (including phenoxy) is 1. The van der Waals surface area contributed by atoms with E-state index in [1.54, 1.807) is 18.2 Å². The molecule has 0 aliphatic carbocycles. The van der Waals surface area contributed by atoms with Gasteiger partial charge in [0.05, 0.1) is 12.9 Å². The van der Waals surface area contributed by atoms with Crippen molar-refractivity contribution in [1.82, 2.24) is 4.72 Å². The van der Waals surface area contributed by atoms with Crippen LogP contribution in [0.2, 0.25) is 5.02 Å². The number of hydrogen-bond donors (Lipinski definition) is 1. The van der Waals surface area contributed by atoms with Crippen LogP contribution in [0.3, 0.4) is 0 Å². The molecule has 7 heteroatoms. The summed E-state index contributed by atoms with van der Waals surface area (Å²) in [5.74, 6) is 0.173. The molecule has 0 aliphatic rings. The number of halogens is 1. The Morgan fingerprint density at radius 2 is 2.11 bits per heavy atom. The Kier molecular flexibility index (Phi) is 5.62. The first-order valence-corrected chi connectivity index (χ1v) is 7.94. The lowest BCUT2D eigenvalue weighted by molar-refractivity contribution is -0.119. The Bertz CT molecular complexity index is 557. The summed E-state index contributed by atoms with van der Waals surface area (Å²) in [7, 11) is -3.48. The minimum Gasteiger partial charge on any atom is -0.493 e. The van der Waals surface area contributed by atoms with Crippen LogP contribution < -0.4 is 9.46 Å². The maximum Gasteiger partial charge on any atom is 0.233 e. The van der Waals surface area contributed by atoms with Crippen LogP contribution in [0, 0.1) is 6.92 Å². The first-order chi connectivity index (χ1) is 8.78. The molecule has 0 atom stereocenters. The minimum atomic E-state index is -3.48. The number of benzene rings is 1. The lowest BCUT2D eigenvalue weighted by Gasteiger charge is -2.09. The molecule has 0 unspecified atom stereocenters. The van der Waals surface area contributed by atoms with Gasteiger partial charge in [-0.2, -0.15) is 0 Å². The average molecular weight is 306 g/mol. The van der Waals surface area contributed by atoms with Crippen molar-refractivity contribution in [3.8, 4) is 5.75 Å². The number of aryl methyl sites for hydroxylation is 1. The quantitative estimate of drug-likeness (QED) is 0.815. The highest BCUT2D eigenvalue weighted by Gasteiger charge is 2.08. The molecule has 0 fully saturated rings. The Morgan fingerprint density at radius 3 is 2.68 bits per heavy atom. The first-order valence-electron chi connectivity index (χ1n) is 5.67. The van der Waals surface area contributed by atoms with Crippen molar-refractivity contribution in [3.05, 3.63) is 28.8 Å². The second-order valence-corrected chi connectivity index (χ2v) is 6.34. The fourth-order valence-electron chi connectivity index (χ4n) is 1.45. The Labute approximate surface area is 118 Å². The van der Waals surface area contributed by atoms with E-state index in [4.69, 9.17) is 16.3 Å². The summed E-state index contributed by atoms with van der Waals surface area (Å²) >= 11 is 5.82. The molecule has 106 valence electrons. The SMILES string of the molecule is Cc1cc(Cl)ccc1OCCCC(=O)NS(C)(=O)=O. The summed E-state index contributed by atoms with van der Waals surface area (Å²) in [4.78, 5) is 11.2. The summed E-state index contributed by atoms with van der Waals surface area (Å²) in [5.41, 5.74) is 0.910. The van der Waals surface area contributed by atoms with Crippen molar-refractivity contribution < 1.29 is 17.9 Å². The van der Waals surface area contributed by atoms with E-state index in [-0.39, 0.29) is 6.42 Å². The zero-order chi connectivity index (χ0) is 14.5. The highest BCUT2D eigenvalue weighted by atomic mass is 35.5. The lowest BCUT2D eigenvalue weighted by atomic mass is 10.2. The third-order valence-corrected chi connectivity index (χ3v) is 3.08. The van der Waals surface area contributed by atoms with Gasteiger partial charge < -0.3 is 4.74 Å². The molecule has 0 aliphatic heterocycles. The predicted molar refractivity (Wildman–Crippen MR) is 73.9 cm³/mol. The van der Waals surface area contributed by atoms with Gasteiger partial charge in [-0.15, -0.1) is 0 Å². The number of hydrogen-bond acceptors (Lipinski definition) is 4. The molecule has 0 heterocycles. The molecule has 0 spiro atoms. The Morgan fingerprint density at radius 1 is 1.42 bits per heavy atom. The largest absolute Gasteiger partial charge is 0.493 e. The van der Waals surface area contributed by atoms with Crippen molar-refractivity contribution >= 4 is 27.5 Å². The molecule has 5 nitrogen and oxygen atoms in total. The van der Waals surface area contributed by atoms with E-state index in [2.05, 4.69) is 0 Å². The predicted octanol–water partition coefficient (Wildman–Crippen LogP) is 1.88. The minimum absolute atomic E-state index is 0.0969. The Balaban J connectivity index is 2.33. The summed E-state index contributed by atoms with van der Waals surface area (Å²) < 4.78 is 29.0. The molecule has 1 N–H and O–H groups in total. The second kappa shape index (κ2) is 6.77. The highest BCUT2D eigenvalue weighted by molar-refractivity contribution is 7.89. The van der Waals surface area contributed by atoms with E-state index in [1.165, 1.54) is 0 Å². The molecule has 0 saturated heterocycles. The molecule has 19 heavy (non-hydrogen) atoms. The molecular weight excluding hydrogens is 290 g/mol. The summed E-state index contributed by atoms with van der Waals surface area (Å²) in [5, 5.41) is 0.636. The van der Waals surface area contributed by atoms with Gasteiger partial charge in [0, 0.05) is 11.4 Å². The zero-order valence-corrected chi connectivity index (χ0v) is 12.3. The second-order valence-electron chi connectivity index (χ2n) is 4.16. The molecular formula is C12H16ClNO4S. The number of carbonyl (C=O) groups excluding carboxylic acids is 1. The van der Waals surface area contributed by atoms with Gasteiger partial charge in [-0.25, -0.2) is 8.42 Å². The van der Waals surface area contributed by atoms with E-state index >= 15 is 0 Å². The van der Waals surface area contributed by atoms with Gasteiger partial charge in [-0.05, 0) is 37.1 Å². The van der Waals surface area contributed by atoms with Gasteiger partial charge in [0.15, 0.2) is 0 Å². The fraction of sp³-hybridized carbons (Fsp3) is 0.417. The van der Waals surface area contributed by atoms with Crippen LogP contribution in [-0.2, 0) is 14.8 Å². The molecule has 0 aromatic heterocycles. The number of nitrogens with one attached hydrogen (secondary N) is 1. The monoisotopic (exact) mass is 305 g/mol. The van der Waals surface area contributed by atoms with Crippen LogP contribution in [0.4, 0.5) is 0 Å². The maximum atomic E-state index is 11.2. The van der Waals surface area contributed by atoms with Crippen molar-refractivity contribution in [3.63, 3.8) is 0 Å². The normalized spacial score (nSPS) is 11.1. The van der Waals surface area contributed by atoms with Gasteiger partial charge in [0.1, 0.15) is 5.75 Å². The van der Waals surface area contributed by atoms with Crippen molar-refractivity contribution in [2.24, 2.45) is 0 Å². The summed E-state index contributed by atoms with van der Waals surface area (Å²) in [6.07, 6.45) is 1.47. The number of amides is 1. The molecule has 1 aromatic rings. The number of carbonyl (C=O) groups is 1. The molecule has 1 amide bonds. The van der Waals surface area contributed by atoms with Crippen LogP contribution in [0.5, 0.6) is 5.75 Å². The summed E-state index contributed by atoms with van der Waals surface area (Å²) in [6.45, 7) is 2.21. The van der Waals surface area contributed by atoms with Gasteiger partial charge in [-0.1, -0.05) is 11.6 Å². The van der Waals surface area contributed by atoms with Crippen molar-refractivity contribution in [2.45, 2.75) is 19.8 Å². The van der Waals surface area contributed by atoms with Crippen LogP contribution in [0.1, 0.15) is 18.4 Å². The summed E-state index contributed by atoms with van der Waals surface area (Å²) in [6, 6.07) is 5.27. The molecule has 0 bridgehead atoms. The first kappa shape index (κ1) is 15.8. The highest BCUT2D eigenvalue weighted by Crippen LogP contribution is 2.21. The van der Waals surface area contributed by atoms with Crippen LogP contribution in [0.25, 0.3) is 0 Å². The standard InChI is InChI=1S/C12H16ClNO4S/c1-9-8-10(13)5-6-11(9)18-7-3-4-12(15)14-19(2,16)17/h5-6,8H,3-4,7H2,1-2H3,(H,14,15). The fourth-order valence-corrected chi connectivity index (χ4v) is 2.19. The third kappa shape index (κ3) is 6.45. The number of rotatable bonds is 6. The Hall–Kier alpha value is -1.27. The van der Waals surface area contributed by atoms with Crippen molar-refractivity contribution in [2.75, 3.05) is 12.9 Å². The molecule has 0 radical (unpaired) electrons. The average Bonchev–Trinajstić information content (AvgIpc) is 2.24. The topological polar surface area (TPSA) is 72.5 Å². The van der Waals surface area contributed by atoms with Crippen LogP contribution in [-0.4, -0.2) is 27.2 Å². The third-order valence-electron chi connectivity index (χ3n) is 2.24. The van der Waals surface area contributed by atoms with E-state index in [1.807, 2.05) is 11.6 Å². The van der Waals surface area contributed by atoms with E-state index < -0.39 is 15.9 Å². The van der Waals surface area contributed by atoms with Crippen molar-refractivity contribution in [1.29, 1.82) is 0 Å². The van der Waals surface area contributed by atoms with Gasteiger partial charge in [0.2, 0.25) is 15.9 Å². The van der Waals surface area contributed by atoms with Gasteiger partial charge in [-0.3, -0.25) is 9.52 Å².